The third-order valence-electron chi connectivity index (χ3n) is 1.70. The van der Waals surface area contributed by atoms with Crippen molar-refractivity contribution in [2.24, 2.45) is 0 Å². The summed E-state index contributed by atoms with van der Waals surface area (Å²) in [6, 6.07) is 2.88. The maximum Gasteiger partial charge on any atom is 0.371 e. The average Bonchev–Trinajstić information content (AvgIpc) is 2.62. The highest BCUT2D eigenvalue weighted by molar-refractivity contribution is 7.99. The summed E-state index contributed by atoms with van der Waals surface area (Å²) in [5.41, 5.74) is 0. The number of aliphatic carboxylic acids is 1. The number of furan rings is 1. The van der Waals surface area contributed by atoms with E-state index in [-0.39, 0.29) is 5.76 Å². The van der Waals surface area contributed by atoms with Gasteiger partial charge in [0.15, 0.2) is 0 Å². The predicted molar refractivity (Wildman–Crippen MR) is 54.1 cm³/mol. The van der Waals surface area contributed by atoms with Crippen molar-refractivity contribution in [2.45, 2.75) is 17.9 Å². The van der Waals surface area contributed by atoms with Gasteiger partial charge in [0.05, 0.1) is 11.0 Å². The molecule has 0 fully saturated rings. The van der Waals surface area contributed by atoms with Gasteiger partial charge >= 0.3 is 11.9 Å². The van der Waals surface area contributed by atoms with Crippen LogP contribution in [0.25, 0.3) is 0 Å². The van der Waals surface area contributed by atoms with Crippen LogP contribution in [-0.2, 0) is 10.5 Å². The summed E-state index contributed by atoms with van der Waals surface area (Å²) >= 11 is 1.18. The van der Waals surface area contributed by atoms with Crippen LogP contribution in [0.3, 0.4) is 0 Å². The van der Waals surface area contributed by atoms with Gasteiger partial charge in [-0.2, -0.15) is 0 Å². The summed E-state index contributed by atoms with van der Waals surface area (Å²) in [5, 5.41) is 16.6. The van der Waals surface area contributed by atoms with Crippen molar-refractivity contribution in [2.75, 3.05) is 0 Å². The van der Waals surface area contributed by atoms with E-state index in [2.05, 4.69) is 0 Å². The zero-order valence-corrected chi connectivity index (χ0v) is 8.78. The monoisotopic (exact) mass is 230 g/mol. The van der Waals surface area contributed by atoms with E-state index in [0.717, 1.165) is 0 Å². The number of carboxylic acids is 2. The van der Waals surface area contributed by atoms with Crippen LogP contribution in [0.4, 0.5) is 0 Å². The van der Waals surface area contributed by atoms with Gasteiger partial charge in [-0.05, 0) is 19.1 Å². The standard InChI is InChI=1S/C9H10O5S/c1-5(8(10)11)15-4-6-2-3-7(14-6)9(12)13/h2-3,5H,4H2,1H3,(H,10,11)(H,12,13). The molecule has 1 atom stereocenters. The van der Waals surface area contributed by atoms with Crippen LogP contribution in [0.15, 0.2) is 16.5 Å². The molecule has 1 unspecified atom stereocenters. The maximum atomic E-state index is 10.5. The van der Waals surface area contributed by atoms with Crippen LogP contribution in [-0.4, -0.2) is 27.4 Å². The minimum absolute atomic E-state index is 0.131. The Labute approximate surface area is 90.1 Å². The quantitative estimate of drug-likeness (QED) is 0.800. The van der Waals surface area contributed by atoms with Crippen molar-refractivity contribution in [1.82, 2.24) is 0 Å². The molecule has 1 heterocycles. The van der Waals surface area contributed by atoms with Crippen molar-refractivity contribution in [3.8, 4) is 0 Å². The molecule has 0 amide bonds. The summed E-state index contributed by atoms with van der Waals surface area (Å²) in [6.07, 6.45) is 0. The molecule has 15 heavy (non-hydrogen) atoms. The highest BCUT2D eigenvalue weighted by Gasteiger charge is 2.13. The molecule has 0 aromatic carbocycles. The number of carboxylic acid groups (broad SMARTS) is 2. The first-order valence-electron chi connectivity index (χ1n) is 4.17. The largest absolute Gasteiger partial charge is 0.480 e. The van der Waals surface area contributed by atoms with Gasteiger partial charge in [0.1, 0.15) is 5.76 Å². The van der Waals surface area contributed by atoms with E-state index in [1.54, 1.807) is 6.92 Å². The van der Waals surface area contributed by atoms with Crippen molar-refractivity contribution in [3.05, 3.63) is 23.7 Å². The number of rotatable bonds is 5. The number of hydrogen-bond donors (Lipinski definition) is 2. The molecule has 0 spiro atoms. The number of thioether (sulfide) groups is 1. The number of carbonyl (C=O) groups is 2. The Morgan fingerprint density at radius 1 is 1.47 bits per heavy atom. The molecule has 6 heteroatoms. The van der Waals surface area contributed by atoms with E-state index in [1.807, 2.05) is 0 Å². The molecule has 0 saturated heterocycles. The summed E-state index contributed by atoms with van der Waals surface area (Å²) in [6.45, 7) is 1.56. The summed E-state index contributed by atoms with van der Waals surface area (Å²) < 4.78 is 4.96. The van der Waals surface area contributed by atoms with Crippen LogP contribution in [0, 0.1) is 0 Å². The minimum atomic E-state index is -1.13. The van der Waals surface area contributed by atoms with Gasteiger partial charge in [-0.25, -0.2) is 4.79 Å². The fraction of sp³-hybridized carbons (Fsp3) is 0.333. The zero-order valence-electron chi connectivity index (χ0n) is 7.97. The van der Waals surface area contributed by atoms with Crippen LogP contribution >= 0.6 is 11.8 Å². The Morgan fingerprint density at radius 2 is 2.13 bits per heavy atom. The maximum absolute atomic E-state index is 10.5. The van der Waals surface area contributed by atoms with Gasteiger partial charge in [-0.3, -0.25) is 4.79 Å². The molecule has 0 saturated carbocycles. The Balaban J connectivity index is 2.51. The van der Waals surface area contributed by atoms with Crippen molar-refractivity contribution in [1.29, 1.82) is 0 Å². The van der Waals surface area contributed by atoms with E-state index >= 15 is 0 Å². The first kappa shape index (κ1) is 11.6. The third-order valence-corrected chi connectivity index (χ3v) is 2.85. The van der Waals surface area contributed by atoms with Gasteiger partial charge in [-0.15, -0.1) is 11.8 Å². The Kier molecular flexibility index (Phi) is 3.79. The fourth-order valence-electron chi connectivity index (χ4n) is 0.849. The molecule has 0 bridgehead atoms. The molecule has 0 aliphatic rings. The van der Waals surface area contributed by atoms with Crippen LogP contribution in [0.1, 0.15) is 23.2 Å². The van der Waals surface area contributed by atoms with Gasteiger partial charge in [0.2, 0.25) is 5.76 Å². The number of aromatic carboxylic acids is 1. The second-order valence-electron chi connectivity index (χ2n) is 2.86. The van der Waals surface area contributed by atoms with Gasteiger partial charge < -0.3 is 14.6 Å². The van der Waals surface area contributed by atoms with Crippen LogP contribution < -0.4 is 0 Å². The van der Waals surface area contributed by atoms with Gasteiger partial charge in [0, 0.05) is 0 Å². The van der Waals surface area contributed by atoms with Crippen molar-refractivity contribution < 1.29 is 24.2 Å². The van der Waals surface area contributed by atoms with Gasteiger partial charge in [0.25, 0.3) is 0 Å². The molecule has 1 rings (SSSR count). The SMILES string of the molecule is CC(SCc1ccc(C(=O)O)o1)C(=O)O. The molecule has 82 valence electrons. The van der Waals surface area contributed by atoms with Crippen molar-refractivity contribution in [3.63, 3.8) is 0 Å². The van der Waals surface area contributed by atoms with Crippen LogP contribution in [0.5, 0.6) is 0 Å². The van der Waals surface area contributed by atoms with E-state index in [0.29, 0.717) is 11.5 Å². The molecule has 0 radical (unpaired) electrons. The van der Waals surface area contributed by atoms with E-state index in [4.69, 9.17) is 14.6 Å². The van der Waals surface area contributed by atoms with E-state index in [1.165, 1.54) is 23.9 Å². The fourth-order valence-corrected chi connectivity index (χ4v) is 1.56. The molecule has 1 aromatic rings. The average molecular weight is 230 g/mol. The first-order valence-corrected chi connectivity index (χ1v) is 5.22. The first-order chi connectivity index (χ1) is 7.00. The van der Waals surface area contributed by atoms with Crippen molar-refractivity contribution >= 4 is 23.7 Å². The Morgan fingerprint density at radius 3 is 2.60 bits per heavy atom. The highest BCUT2D eigenvalue weighted by atomic mass is 32.2. The second-order valence-corrected chi connectivity index (χ2v) is 4.19. The third kappa shape index (κ3) is 3.32. The van der Waals surface area contributed by atoms with Gasteiger partial charge in [-0.1, -0.05) is 0 Å². The lowest BCUT2D eigenvalue weighted by molar-refractivity contribution is -0.136. The molecular formula is C9H10O5S. The highest BCUT2D eigenvalue weighted by Crippen LogP contribution is 2.19. The molecule has 2 N–H and O–H groups in total. The second kappa shape index (κ2) is 4.88. The topological polar surface area (TPSA) is 87.7 Å². The molecular weight excluding hydrogens is 220 g/mol. The lowest BCUT2D eigenvalue weighted by Crippen LogP contribution is -2.11. The van der Waals surface area contributed by atoms with E-state index in [9.17, 15) is 9.59 Å². The minimum Gasteiger partial charge on any atom is -0.480 e. The van der Waals surface area contributed by atoms with E-state index < -0.39 is 17.2 Å². The molecule has 1 aromatic heterocycles. The molecule has 5 nitrogen and oxygen atoms in total. The summed E-state index contributed by atoms with van der Waals surface area (Å²) in [5.74, 6) is -1.34. The van der Waals surface area contributed by atoms with Crippen LogP contribution in [0.2, 0.25) is 0 Å². The smallest absolute Gasteiger partial charge is 0.371 e. The lowest BCUT2D eigenvalue weighted by atomic mass is 10.4. The molecule has 0 aliphatic heterocycles. The lowest BCUT2D eigenvalue weighted by Gasteiger charge is -2.02. The number of hydrogen-bond acceptors (Lipinski definition) is 4. The summed E-state index contributed by atoms with van der Waals surface area (Å²) in [7, 11) is 0. The normalized spacial score (nSPS) is 12.3. The zero-order chi connectivity index (χ0) is 11.4. The Bertz CT molecular complexity index is 370. The Hall–Kier alpha value is -1.43. The summed E-state index contributed by atoms with van der Waals surface area (Å²) in [4.78, 5) is 21.0. The predicted octanol–water partition coefficient (Wildman–Crippen LogP) is 1.68. The molecule has 0 aliphatic carbocycles.